The number of halogens is 2. The van der Waals surface area contributed by atoms with Crippen LogP contribution in [0.3, 0.4) is 0 Å². The maximum Gasteiger partial charge on any atom is 0.338 e. The van der Waals surface area contributed by atoms with Crippen LogP contribution in [0.4, 0.5) is 20.2 Å². The molecule has 0 unspecified atom stereocenters. The Bertz CT molecular complexity index is 657. The highest BCUT2D eigenvalue weighted by atomic mass is 19.1. The summed E-state index contributed by atoms with van der Waals surface area (Å²) in [6, 6.07) is 8.19. The molecule has 2 rings (SSSR count). The van der Waals surface area contributed by atoms with Crippen molar-refractivity contribution in [2.75, 3.05) is 17.6 Å². The second-order valence-electron chi connectivity index (χ2n) is 4.53. The van der Waals surface area contributed by atoms with Crippen LogP contribution < -0.4 is 11.1 Å². The van der Waals surface area contributed by atoms with E-state index in [0.29, 0.717) is 18.7 Å². The van der Waals surface area contributed by atoms with Gasteiger partial charge in [0.2, 0.25) is 0 Å². The maximum absolute atomic E-state index is 13.6. The van der Waals surface area contributed by atoms with Crippen LogP contribution >= 0.6 is 0 Å². The summed E-state index contributed by atoms with van der Waals surface area (Å²) in [5.74, 6) is -2.51. The van der Waals surface area contributed by atoms with Crippen LogP contribution in [0.15, 0.2) is 36.4 Å². The molecule has 0 aliphatic heterocycles. The van der Waals surface area contributed by atoms with Crippen LogP contribution in [-0.2, 0) is 6.42 Å². The highest BCUT2D eigenvalue weighted by Crippen LogP contribution is 2.23. The van der Waals surface area contributed by atoms with Gasteiger partial charge in [0.05, 0.1) is 16.9 Å². The number of aromatic carboxylic acids is 1. The van der Waals surface area contributed by atoms with Gasteiger partial charge in [-0.05, 0) is 36.2 Å². The molecule has 0 aliphatic carbocycles. The van der Waals surface area contributed by atoms with Crippen molar-refractivity contribution in [1.82, 2.24) is 0 Å². The van der Waals surface area contributed by atoms with Crippen LogP contribution in [0, 0.1) is 11.6 Å². The van der Waals surface area contributed by atoms with Gasteiger partial charge in [-0.1, -0.05) is 12.1 Å². The highest BCUT2D eigenvalue weighted by molar-refractivity contribution is 5.90. The van der Waals surface area contributed by atoms with Gasteiger partial charge in [0, 0.05) is 6.54 Å². The van der Waals surface area contributed by atoms with Gasteiger partial charge in [-0.3, -0.25) is 0 Å². The zero-order chi connectivity index (χ0) is 15.4. The topological polar surface area (TPSA) is 75.4 Å². The van der Waals surface area contributed by atoms with Crippen LogP contribution in [-0.4, -0.2) is 17.6 Å². The van der Waals surface area contributed by atoms with Gasteiger partial charge in [-0.25, -0.2) is 13.6 Å². The molecule has 0 aromatic heterocycles. The van der Waals surface area contributed by atoms with E-state index >= 15 is 0 Å². The van der Waals surface area contributed by atoms with Crippen molar-refractivity contribution in [1.29, 1.82) is 0 Å². The second kappa shape index (κ2) is 6.21. The Morgan fingerprint density at radius 1 is 1.19 bits per heavy atom. The maximum atomic E-state index is 13.6. The van der Waals surface area contributed by atoms with Crippen LogP contribution in [0.1, 0.15) is 15.9 Å². The van der Waals surface area contributed by atoms with E-state index in [1.807, 2.05) is 0 Å². The van der Waals surface area contributed by atoms with Crippen molar-refractivity contribution in [2.24, 2.45) is 0 Å². The molecule has 0 bridgehead atoms. The predicted molar refractivity (Wildman–Crippen MR) is 76.4 cm³/mol. The van der Waals surface area contributed by atoms with E-state index in [1.54, 1.807) is 12.1 Å². The summed E-state index contributed by atoms with van der Waals surface area (Å²) < 4.78 is 26.3. The summed E-state index contributed by atoms with van der Waals surface area (Å²) in [5, 5.41) is 11.7. The normalized spacial score (nSPS) is 10.4. The fourth-order valence-electron chi connectivity index (χ4n) is 1.90. The second-order valence-corrected chi connectivity index (χ2v) is 4.53. The van der Waals surface area contributed by atoms with Gasteiger partial charge in [0.1, 0.15) is 11.6 Å². The summed E-state index contributed by atoms with van der Waals surface area (Å²) in [6.07, 6.45) is 0.599. The molecule has 6 heteroatoms. The molecule has 0 radical (unpaired) electrons. The minimum absolute atomic E-state index is 0.160. The number of hydrogen-bond acceptors (Lipinski definition) is 3. The van der Waals surface area contributed by atoms with Crippen molar-refractivity contribution in [3.05, 3.63) is 59.2 Å². The molecule has 0 atom stereocenters. The van der Waals surface area contributed by atoms with Crippen LogP contribution in [0.25, 0.3) is 0 Å². The molecular weight excluding hydrogens is 278 g/mol. The number of benzene rings is 2. The molecule has 21 heavy (non-hydrogen) atoms. The molecule has 2 aromatic rings. The van der Waals surface area contributed by atoms with E-state index in [9.17, 15) is 13.6 Å². The first-order valence-electron chi connectivity index (χ1n) is 6.28. The molecule has 0 amide bonds. The SMILES string of the molecule is Nc1cc(C(=O)O)c(F)cc1NCCc1ccc(F)cc1. The standard InChI is InChI=1S/C15H14F2N2O2/c16-10-3-1-9(2-4-10)5-6-19-14-8-12(17)11(15(20)21)7-13(14)18/h1-4,7-8,19H,5-6,18H2,(H,20,21). The molecule has 0 saturated carbocycles. The Kier molecular flexibility index (Phi) is 4.37. The third-order valence-electron chi connectivity index (χ3n) is 3.01. The van der Waals surface area contributed by atoms with Gasteiger partial charge in [-0.2, -0.15) is 0 Å². The smallest absolute Gasteiger partial charge is 0.338 e. The first-order chi connectivity index (χ1) is 9.97. The zero-order valence-corrected chi connectivity index (χ0v) is 11.1. The number of hydrogen-bond donors (Lipinski definition) is 3. The lowest BCUT2D eigenvalue weighted by atomic mass is 10.1. The largest absolute Gasteiger partial charge is 0.478 e. The highest BCUT2D eigenvalue weighted by Gasteiger charge is 2.13. The third-order valence-corrected chi connectivity index (χ3v) is 3.01. The first kappa shape index (κ1) is 14.8. The van der Waals surface area contributed by atoms with Gasteiger partial charge < -0.3 is 16.2 Å². The Labute approximate surface area is 120 Å². The van der Waals surface area contributed by atoms with Crippen LogP contribution in [0.2, 0.25) is 0 Å². The van der Waals surface area contributed by atoms with E-state index in [-0.39, 0.29) is 11.5 Å². The minimum Gasteiger partial charge on any atom is -0.478 e. The molecule has 4 N–H and O–H groups in total. The number of nitrogens with two attached hydrogens (primary N) is 1. The lowest BCUT2D eigenvalue weighted by molar-refractivity contribution is 0.0692. The summed E-state index contributed by atoms with van der Waals surface area (Å²) in [5.41, 5.74) is 6.64. The van der Waals surface area contributed by atoms with Crippen molar-refractivity contribution in [3.63, 3.8) is 0 Å². The van der Waals surface area contributed by atoms with E-state index < -0.39 is 17.3 Å². The predicted octanol–water partition coefficient (Wildman–Crippen LogP) is 2.90. The monoisotopic (exact) mass is 292 g/mol. The summed E-state index contributed by atoms with van der Waals surface area (Å²) >= 11 is 0. The van der Waals surface area contributed by atoms with E-state index in [0.717, 1.165) is 17.7 Å². The number of carbonyl (C=O) groups is 1. The summed E-state index contributed by atoms with van der Waals surface area (Å²) in [7, 11) is 0. The average Bonchev–Trinajstić information content (AvgIpc) is 2.44. The van der Waals surface area contributed by atoms with Crippen LogP contribution in [0.5, 0.6) is 0 Å². The molecule has 110 valence electrons. The number of rotatable bonds is 5. The fourth-order valence-corrected chi connectivity index (χ4v) is 1.90. The molecule has 0 saturated heterocycles. The molecule has 0 fully saturated rings. The van der Waals surface area contributed by atoms with Crippen molar-refractivity contribution >= 4 is 17.3 Å². The lowest BCUT2D eigenvalue weighted by Crippen LogP contribution is -2.09. The number of nitrogen functional groups attached to an aromatic ring is 1. The Balaban J connectivity index is 2.02. The number of anilines is 2. The fraction of sp³-hybridized carbons (Fsp3) is 0.133. The molecular formula is C15H14F2N2O2. The van der Waals surface area contributed by atoms with E-state index in [2.05, 4.69) is 5.32 Å². The van der Waals surface area contributed by atoms with Crippen molar-refractivity contribution < 1.29 is 18.7 Å². The lowest BCUT2D eigenvalue weighted by Gasteiger charge is -2.11. The minimum atomic E-state index is -1.36. The number of carboxylic acid groups (broad SMARTS) is 1. The zero-order valence-electron chi connectivity index (χ0n) is 11.1. The quantitative estimate of drug-likeness (QED) is 0.741. The van der Waals surface area contributed by atoms with Gasteiger partial charge in [0.15, 0.2) is 0 Å². The molecule has 0 heterocycles. The number of nitrogens with one attached hydrogen (secondary N) is 1. The van der Waals surface area contributed by atoms with E-state index in [4.69, 9.17) is 10.8 Å². The molecule has 0 aliphatic rings. The Hall–Kier alpha value is -2.63. The van der Waals surface area contributed by atoms with Gasteiger partial charge in [0.25, 0.3) is 0 Å². The molecule has 4 nitrogen and oxygen atoms in total. The van der Waals surface area contributed by atoms with Crippen molar-refractivity contribution in [3.8, 4) is 0 Å². The summed E-state index contributed by atoms with van der Waals surface area (Å²) in [6.45, 7) is 0.460. The average molecular weight is 292 g/mol. The van der Waals surface area contributed by atoms with Gasteiger partial charge in [-0.15, -0.1) is 0 Å². The van der Waals surface area contributed by atoms with Crippen molar-refractivity contribution in [2.45, 2.75) is 6.42 Å². The Morgan fingerprint density at radius 2 is 1.86 bits per heavy atom. The molecule has 2 aromatic carbocycles. The first-order valence-corrected chi connectivity index (χ1v) is 6.28. The Morgan fingerprint density at radius 3 is 2.48 bits per heavy atom. The molecule has 0 spiro atoms. The third kappa shape index (κ3) is 3.68. The summed E-state index contributed by atoms with van der Waals surface area (Å²) in [4.78, 5) is 10.8. The van der Waals surface area contributed by atoms with E-state index in [1.165, 1.54) is 12.1 Å². The number of carboxylic acids is 1. The van der Waals surface area contributed by atoms with Gasteiger partial charge >= 0.3 is 5.97 Å².